The number of hydrogen-bond acceptors (Lipinski definition) is 4. The summed E-state index contributed by atoms with van der Waals surface area (Å²) in [6.45, 7) is 0.695. The van der Waals surface area contributed by atoms with Gasteiger partial charge >= 0.3 is 149 Å². The predicted octanol–water partition coefficient (Wildman–Crippen LogP) is 2.38. The monoisotopic (exact) mass is 505 g/mol. The maximum atomic E-state index is 13.9. The average molecular weight is 505 g/mol. The molecule has 0 amide bonds. The van der Waals surface area contributed by atoms with Crippen LogP contribution in [0.5, 0.6) is 5.75 Å². The van der Waals surface area contributed by atoms with E-state index in [1.54, 1.807) is 19.2 Å². The van der Waals surface area contributed by atoms with Gasteiger partial charge in [-0.3, -0.25) is 0 Å². The Bertz CT molecular complexity index is 851. The van der Waals surface area contributed by atoms with Gasteiger partial charge in [-0.1, -0.05) is 0 Å². The Morgan fingerprint density at radius 2 is 2.04 bits per heavy atom. The van der Waals surface area contributed by atoms with Crippen molar-refractivity contribution in [2.75, 3.05) is 26.1 Å². The van der Waals surface area contributed by atoms with Crippen molar-refractivity contribution in [3.8, 4) is 17.0 Å². The van der Waals surface area contributed by atoms with Crippen LogP contribution < -0.4 is 10.5 Å². The van der Waals surface area contributed by atoms with Crippen molar-refractivity contribution in [3.63, 3.8) is 0 Å². The second-order valence-corrected chi connectivity index (χ2v) is 6.96. The van der Waals surface area contributed by atoms with E-state index in [1.807, 2.05) is 20.7 Å². The average Bonchev–Trinajstić information content (AvgIpc) is 2.86. The van der Waals surface area contributed by atoms with Gasteiger partial charge in [0.2, 0.25) is 0 Å². The number of methoxy groups -OCH3 is 1. The van der Waals surface area contributed by atoms with Crippen LogP contribution >= 0.6 is 0 Å². The third kappa shape index (κ3) is 3.32. The van der Waals surface area contributed by atoms with E-state index in [-0.39, 0.29) is 5.75 Å². The summed E-state index contributed by atoms with van der Waals surface area (Å²) in [6, 6.07) is 10.5. The molecule has 0 atom stereocenters. The summed E-state index contributed by atoms with van der Waals surface area (Å²) in [4.78, 5) is 0. The van der Waals surface area contributed by atoms with Crippen molar-refractivity contribution >= 4 is 42.7 Å². The van der Waals surface area contributed by atoms with Gasteiger partial charge in [-0.25, -0.2) is 0 Å². The second-order valence-electron chi connectivity index (χ2n) is 5.06. The van der Waals surface area contributed by atoms with E-state index in [0.717, 1.165) is 22.2 Å². The van der Waals surface area contributed by atoms with E-state index < -0.39 is 5.82 Å². The second kappa shape index (κ2) is 6.83. The van der Waals surface area contributed by atoms with E-state index in [2.05, 4.69) is 5.10 Å². The first kappa shape index (κ1) is 16.2. The van der Waals surface area contributed by atoms with Crippen molar-refractivity contribution in [1.82, 2.24) is 7.59 Å². The third-order valence-corrected chi connectivity index (χ3v) is 5.01. The Morgan fingerprint density at radius 3 is 2.83 bits per heavy atom. The summed E-state index contributed by atoms with van der Waals surface area (Å²) in [5.41, 5.74) is 9.19. The Labute approximate surface area is 149 Å². The van der Waals surface area contributed by atoms with Crippen molar-refractivity contribution in [2.24, 2.45) is 0 Å². The molecule has 3 rings (SSSR count). The molecule has 0 unspecified atom stereocenters. The summed E-state index contributed by atoms with van der Waals surface area (Å²) in [7, 11) is 1.57. The summed E-state index contributed by atoms with van der Waals surface area (Å²) >= 11 is 0.526. The molecule has 23 heavy (non-hydrogen) atoms. The Hall–Kier alpha value is -1.68. The van der Waals surface area contributed by atoms with Crippen molar-refractivity contribution < 1.29 is 13.9 Å². The van der Waals surface area contributed by atoms with Gasteiger partial charge in [0, 0.05) is 0 Å². The molecule has 0 aliphatic carbocycles. The van der Waals surface area contributed by atoms with Crippen molar-refractivity contribution in [1.29, 1.82) is 0 Å². The van der Waals surface area contributed by atoms with Gasteiger partial charge in [0.15, 0.2) is 0 Å². The zero-order valence-corrected chi connectivity index (χ0v) is 17.1. The number of rotatable bonds is 5. The maximum absolute atomic E-state index is 13.9. The number of anilines is 1. The molecule has 0 fully saturated rings. The van der Waals surface area contributed by atoms with Gasteiger partial charge < -0.3 is 0 Å². The number of halogens is 1. The minimum atomic E-state index is -0.402. The van der Waals surface area contributed by atoms with Crippen LogP contribution in [-0.4, -0.2) is 54.0 Å². The molecule has 0 aliphatic heterocycles. The number of ether oxygens (including phenoxy) is 2. The van der Waals surface area contributed by atoms with E-state index in [1.165, 1.54) is 6.07 Å². The summed E-state index contributed by atoms with van der Waals surface area (Å²) in [6.07, 6.45) is 0. The SMILES string of the molecule is COCCOc1cc(-c2n[n]([Tl])c3ccc(N)cc23)ccc1F. The molecule has 116 valence electrons. The molecule has 1 heterocycles. The van der Waals surface area contributed by atoms with Gasteiger partial charge in [0.25, 0.3) is 0 Å². The molecule has 0 saturated heterocycles. The number of hydrogen-bond donors (Lipinski definition) is 1. The number of nitrogens with zero attached hydrogens (tertiary/aromatic N) is 2. The third-order valence-electron chi connectivity index (χ3n) is 3.48. The molecule has 2 N–H and O–H groups in total. The van der Waals surface area contributed by atoms with Gasteiger partial charge in [-0.15, -0.1) is 0 Å². The van der Waals surface area contributed by atoms with E-state index in [9.17, 15) is 4.39 Å². The Morgan fingerprint density at radius 1 is 1.22 bits per heavy atom. The molecule has 1 aromatic heterocycles. The molecule has 7 heteroatoms. The standard InChI is InChI=1S/C16H15FN3O2.Tl/c1-21-6-7-22-15-8-10(2-4-13(15)17)16-12-9-11(18)3-5-14(12)19-20-16;/h2-5,8-9H,6-7,18H2,1H3;/q-1;+1. The predicted molar refractivity (Wildman–Crippen MR) is 88.1 cm³/mol. The molecular formula is C16H15FN3O2Tl. The molecule has 2 aromatic carbocycles. The Kier molecular flexibility index (Phi) is 4.81. The quantitative estimate of drug-likeness (QED) is 0.329. The minimum absolute atomic E-state index is 0.196. The number of benzene rings is 2. The topological polar surface area (TPSA) is 62.3 Å². The van der Waals surface area contributed by atoms with Gasteiger partial charge in [0.05, 0.1) is 0 Å². The van der Waals surface area contributed by atoms with E-state index >= 15 is 0 Å². The van der Waals surface area contributed by atoms with Crippen LogP contribution in [0.25, 0.3) is 22.2 Å². The molecule has 3 aromatic rings. The van der Waals surface area contributed by atoms with Crippen molar-refractivity contribution in [2.45, 2.75) is 0 Å². The molecule has 0 saturated carbocycles. The summed E-state index contributed by atoms with van der Waals surface area (Å²) < 4.78 is 26.2. The number of nitrogen functional groups attached to an aromatic ring is 1. The van der Waals surface area contributed by atoms with Crippen LogP contribution in [0.15, 0.2) is 36.4 Å². The fraction of sp³-hybridized carbons (Fsp3) is 0.188. The zero-order valence-electron chi connectivity index (χ0n) is 12.6. The van der Waals surface area contributed by atoms with E-state index in [0.29, 0.717) is 45.0 Å². The molecule has 0 bridgehead atoms. The van der Waals surface area contributed by atoms with Crippen LogP contribution in [-0.2, 0) is 4.74 Å². The van der Waals surface area contributed by atoms with E-state index in [4.69, 9.17) is 15.2 Å². The van der Waals surface area contributed by atoms with Crippen LogP contribution in [0.2, 0.25) is 0 Å². The van der Waals surface area contributed by atoms with Gasteiger partial charge in [0.1, 0.15) is 0 Å². The molecule has 5 nitrogen and oxygen atoms in total. The zero-order chi connectivity index (χ0) is 16.4. The fourth-order valence-corrected chi connectivity index (χ4v) is 3.69. The molecule has 0 aliphatic rings. The van der Waals surface area contributed by atoms with Crippen LogP contribution in [0, 0.1) is 5.82 Å². The first-order chi connectivity index (χ1) is 11.1. The van der Waals surface area contributed by atoms with Gasteiger partial charge in [-0.2, -0.15) is 0 Å². The summed E-state index contributed by atoms with van der Waals surface area (Å²) in [5.74, 6) is -0.206. The first-order valence-electron chi connectivity index (χ1n) is 7.05. The molecule has 0 radical (unpaired) electrons. The molecular weight excluding hydrogens is 490 g/mol. The first-order valence-corrected chi connectivity index (χ1v) is 9.06. The normalized spacial score (nSPS) is 11.0. The Balaban J connectivity index is 2.05. The van der Waals surface area contributed by atoms with Crippen LogP contribution in [0.4, 0.5) is 10.1 Å². The fourth-order valence-electron chi connectivity index (χ4n) is 2.37. The van der Waals surface area contributed by atoms with Crippen LogP contribution in [0.3, 0.4) is 0 Å². The number of fused-ring (bicyclic) bond motifs is 1. The van der Waals surface area contributed by atoms with Gasteiger partial charge in [-0.05, 0) is 0 Å². The molecule has 0 spiro atoms. The van der Waals surface area contributed by atoms with Crippen LogP contribution in [0.1, 0.15) is 0 Å². The number of nitrogens with two attached hydrogens (primary N) is 1. The van der Waals surface area contributed by atoms with Crippen molar-refractivity contribution in [3.05, 3.63) is 42.2 Å². The number of aromatic nitrogens is 2. The summed E-state index contributed by atoms with van der Waals surface area (Å²) in [5, 5.41) is 5.56.